The predicted molar refractivity (Wildman–Crippen MR) is 104 cm³/mol. The van der Waals surface area contributed by atoms with Crippen molar-refractivity contribution in [3.63, 3.8) is 0 Å². The van der Waals surface area contributed by atoms with Gasteiger partial charge in [-0.15, -0.1) is 0 Å². The molecule has 2 aromatic rings. The van der Waals surface area contributed by atoms with Gasteiger partial charge in [-0.1, -0.05) is 24.6 Å². The fraction of sp³-hybridized carbons (Fsp3) is 0.545. The van der Waals surface area contributed by atoms with Crippen molar-refractivity contribution >= 4 is 22.7 Å². The zero-order valence-corrected chi connectivity index (χ0v) is 15.6. The minimum Gasteiger partial charge on any atom is -0.361 e. The number of para-hydroxylation sites is 1. The van der Waals surface area contributed by atoms with Gasteiger partial charge < -0.3 is 15.2 Å². The number of hydrogen-bond donors (Lipinski definition) is 2. The topological polar surface area (TPSA) is 65.2 Å². The van der Waals surface area contributed by atoms with Crippen molar-refractivity contribution in [1.82, 2.24) is 15.2 Å². The molecule has 4 atom stereocenters. The van der Waals surface area contributed by atoms with E-state index >= 15 is 0 Å². The number of likely N-dealkylation sites (tertiary alicyclic amines) is 1. The van der Waals surface area contributed by atoms with Crippen molar-refractivity contribution in [3.8, 4) is 0 Å². The van der Waals surface area contributed by atoms with Crippen molar-refractivity contribution in [3.05, 3.63) is 36.0 Å². The van der Waals surface area contributed by atoms with Crippen molar-refractivity contribution in [2.24, 2.45) is 17.8 Å². The van der Waals surface area contributed by atoms with Gasteiger partial charge in [-0.3, -0.25) is 9.59 Å². The first-order valence-corrected chi connectivity index (χ1v) is 10.3. The van der Waals surface area contributed by atoms with Gasteiger partial charge in [-0.25, -0.2) is 0 Å². The van der Waals surface area contributed by atoms with Gasteiger partial charge in [-0.2, -0.15) is 0 Å². The van der Waals surface area contributed by atoms with Gasteiger partial charge in [0.2, 0.25) is 11.8 Å². The number of aromatic amines is 1. The zero-order chi connectivity index (χ0) is 18.4. The van der Waals surface area contributed by atoms with Crippen molar-refractivity contribution in [2.75, 3.05) is 13.1 Å². The maximum atomic E-state index is 12.6. The highest BCUT2D eigenvalue weighted by molar-refractivity contribution is 5.89. The largest absolute Gasteiger partial charge is 0.361 e. The fourth-order valence-electron chi connectivity index (χ4n) is 5.62. The van der Waals surface area contributed by atoms with E-state index in [2.05, 4.69) is 22.4 Å². The molecule has 0 spiro atoms. The number of aromatic nitrogens is 1. The van der Waals surface area contributed by atoms with Crippen LogP contribution in [-0.2, 0) is 16.0 Å². The molecule has 2 aliphatic carbocycles. The van der Waals surface area contributed by atoms with E-state index in [0.717, 1.165) is 24.3 Å². The van der Waals surface area contributed by atoms with Crippen LogP contribution in [-0.4, -0.2) is 40.8 Å². The highest BCUT2D eigenvalue weighted by Gasteiger charge is 2.47. The molecule has 2 N–H and O–H groups in total. The Hall–Kier alpha value is -2.30. The molecule has 1 aromatic heterocycles. The number of amides is 2. The molecule has 2 heterocycles. The molecule has 142 valence electrons. The lowest BCUT2D eigenvalue weighted by Gasteiger charge is -2.31. The highest BCUT2D eigenvalue weighted by Crippen LogP contribution is 2.47. The van der Waals surface area contributed by atoms with E-state index < -0.39 is 0 Å². The van der Waals surface area contributed by atoms with Crippen molar-refractivity contribution in [1.29, 1.82) is 0 Å². The standard InChI is InChI=1S/C22H27N3O2/c26-21-11-17(13-25(21)20-10-14-5-6-15(20)9-14)22(27)23-8-7-16-12-24-19-4-2-1-3-18(16)19/h1-4,12,14-15,17,20,24H,5-11,13H2,(H,23,27). The molecular formula is C22H27N3O2. The third kappa shape index (κ3) is 3.03. The smallest absolute Gasteiger partial charge is 0.225 e. The van der Waals surface area contributed by atoms with Crippen LogP contribution in [0.25, 0.3) is 10.9 Å². The minimum absolute atomic E-state index is 0.0360. The second-order valence-electron chi connectivity index (χ2n) is 8.59. The van der Waals surface area contributed by atoms with E-state index in [4.69, 9.17) is 0 Å². The molecule has 3 fully saturated rings. The van der Waals surface area contributed by atoms with Crippen LogP contribution < -0.4 is 5.32 Å². The Balaban J connectivity index is 1.15. The van der Waals surface area contributed by atoms with Crippen molar-refractivity contribution in [2.45, 2.75) is 44.6 Å². The molecule has 1 saturated heterocycles. The summed E-state index contributed by atoms with van der Waals surface area (Å²) in [5.41, 5.74) is 2.35. The van der Waals surface area contributed by atoms with Gasteiger partial charge in [-0.05, 0) is 49.1 Å². The Morgan fingerprint density at radius 3 is 2.93 bits per heavy atom. The predicted octanol–water partition coefficient (Wildman–Crippen LogP) is 2.86. The lowest BCUT2D eigenvalue weighted by molar-refractivity contribution is -0.131. The van der Waals surface area contributed by atoms with Crippen LogP contribution >= 0.6 is 0 Å². The summed E-state index contributed by atoms with van der Waals surface area (Å²) in [5.74, 6) is 1.54. The van der Waals surface area contributed by atoms with E-state index in [1.54, 1.807) is 0 Å². The number of fused-ring (bicyclic) bond motifs is 3. The Kier molecular flexibility index (Phi) is 4.18. The van der Waals surface area contributed by atoms with E-state index in [-0.39, 0.29) is 17.7 Å². The second kappa shape index (κ2) is 6.70. The summed E-state index contributed by atoms with van der Waals surface area (Å²) in [4.78, 5) is 30.4. The van der Waals surface area contributed by atoms with Crippen LogP contribution in [0.5, 0.6) is 0 Å². The maximum absolute atomic E-state index is 12.6. The normalized spacial score (nSPS) is 29.8. The van der Waals surface area contributed by atoms with Crippen LogP contribution in [0, 0.1) is 17.8 Å². The third-order valence-corrected chi connectivity index (χ3v) is 7.00. The Morgan fingerprint density at radius 2 is 2.11 bits per heavy atom. The van der Waals surface area contributed by atoms with Crippen LogP contribution in [0.3, 0.4) is 0 Å². The van der Waals surface area contributed by atoms with Crippen LogP contribution in [0.1, 0.15) is 37.7 Å². The summed E-state index contributed by atoms with van der Waals surface area (Å²) < 4.78 is 0. The summed E-state index contributed by atoms with van der Waals surface area (Å²) >= 11 is 0. The number of carbonyl (C=O) groups excluding carboxylic acids is 2. The average Bonchev–Trinajstić information content (AvgIpc) is 3.45. The molecule has 5 nitrogen and oxygen atoms in total. The fourth-order valence-corrected chi connectivity index (χ4v) is 5.62. The Bertz CT molecular complexity index is 873. The highest BCUT2D eigenvalue weighted by atomic mass is 16.2. The van der Waals surface area contributed by atoms with Crippen LogP contribution in [0.2, 0.25) is 0 Å². The summed E-state index contributed by atoms with van der Waals surface area (Å²) in [6, 6.07) is 8.62. The first kappa shape index (κ1) is 16.8. The van der Waals surface area contributed by atoms with E-state index in [9.17, 15) is 9.59 Å². The molecule has 2 saturated carbocycles. The molecule has 27 heavy (non-hydrogen) atoms. The average molecular weight is 365 g/mol. The molecule has 2 amide bonds. The molecule has 0 radical (unpaired) electrons. The molecule has 1 aliphatic heterocycles. The van der Waals surface area contributed by atoms with Gasteiger partial charge in [0.05, 0.1) is 5.92 Å². The number of carbonyl (C=O) groups is 2. The first-order valence-electron chi connectivity index (χ1n) is 10.3. The second-order valence-corrected chi connectivity index (χ2v) is 8.59. The molecular weight excluding hydrogens is 338 g/mol. The Labute approximate surface area is 159 Å². The van der Waals surface area contributed by atoms with Gasteiger partial charge in [0.25, 0.3) is 0 Å². The maximum Gasteiger partial charge on any atom is 0.225 e. The monoisotopic (exact) mass is 365 g/mol. The van der Waals surface area contributed by atoms with Gasteiger partial charge >= 0.3 is 0 Å². The van der Waals surface area contributed by atoms with Crippen molar-refractivity contribution < 1.29 is 9.59 Å². The molecule has 5 heteroatoms. The number of rotatable bonds is 5. The van der Waals surface area contributed by atoms with Gasteiger partial charge in [0.1, 0.15) is 0 Å². The quantitative estimate of drug-likeness (QED) is 0.856. The van der Waals surface area contributed by atoms with E-state index in [0.29, 0.717) is 31.5 Å². The number of nitrogens with one attached hydrogen (secondary N) is 2. The van der Waals surface area contributed by atoms with E-state index in [1.165, 1.54) is 30.2 Å². The van der Waals surface area contributed by atoms with Gasteiger partial charge in [0.15, 0.2) is 0 Å². The SMILES string of the molecule is O=C(NCCc1c[nH]c2ccccc12)C1CC(=O)N(C2CC3CCC2C3)C1. The number of nitrogens with zero attached hydrogens (tertiary/aromatic N) is 1. The van der Waals surface area contributed by atoms with E-state index in [1.807, 2.05) is 23.2 Å². The number of hydrogen-bond acceptors (Lipinski definition) is 2. The third-order valence-electron chi connectivity index (χ3n) is 7.00. The number of benzene rings is 1. The molecule has 2 bridgehead atoms. The Morgan fingerprint density at radius 1 is 1.22 bits per heavy atom. The molecule has 4 unspecified atom stereocenters. The zero-order valence-electron chi connectivity index (χ0n) is 15.6. The molecule has 1 aromatic carbocycles. The first-order chi connectivity index (χ1) is 13.2. The summed E-state index contributed by atoms with van der Waals surface area (Å²) in [6.07, 6.45) is 8.24. The molecule has 3 aliphatic rings. The molecule has 5 rings (SSSR count). The van der Waals surface area contributed by atoms with Crippen LogP contribution in [0.4, 0.5) is 0 Å². The van der Waals surface area contributed by atoms with Gasteiger partial charge in [0, 0.05) is 42.7 Å². The summed E-state index contributed by atoms with van der Waals surface area (Å²) in [6.45, 7) is 1.23. The summed E-state index contributed by atoms with van der Waals surface area (Å²) in [7, 11) is 0. The lowest BCUT2D eigenvalue weighted by Crippen LogP contribution is -2.41. The lowest BCUT2D eigenvalue weighted by atomic mass is 9.94. The van der Waals surface area contributed by atoms with Crippen LogP contribution in [0.15, 0.2) is 30.5 Å². The minimum atomic E-state index is -0.181. The number of H-pyrrole nitrogens is 1. The summed E-state index contributed by atoms with van der Waals surface area (Å²) in [5, 5.41) is 4.27.